The van der Waals surface area contributed by atoms with Crippen molar-refractivity contribution in [1.29, 1.82) is 0 Å². The fourth-order valence-electron chi connectivity index (χ4n) is 2.35. The van der Waals surface area contributed by atoms with Crippen molar-refractivity contribution in [3.8, 4) is 17.0 Å². The molecule has 130 valence electrons. The third kappa shape index (κ3) is 3.94. The molecule has 25 heavy (non-hydrogen) atoms. The summed E-state index contributed by atoms with van der Waals surface area (Å²) in [7, 11) is 0. The summed E-state index contributed by atoms with van der Waals surface area (Å²) in [5, 5.41) is 14.4. The van der Waals surface area contributed by atoms with E-state index < -0.39 is 11.9 Å². The van der Waals surface area contributed by atoms with E-state index >= 15 is 0 Å². The Labute approximate surface area is 146 Å². The first-order chi connectivity index (χ1) is 11.9. The van der Waals surface area contributed by atoms with Gasteiger partial charge in [0.2, 0.25) is 5.91 Å². The van der Waals surface area contributed by atoms with Crippen molar-refractivity contribution in [3.63, 3.8) is 0 Å². The van der Waals surface area contributed by atoms with Gasteiger partial charge in [-0.05, 0) is 25.1 Å². The molecule has 9 heteroatoms. The number of aromatic nitrogens is 1. The zero-order chi connectivity index (χ0) is 18.0. The SMILES string of the molecule is Cc1sc(NC(=O)CCC(=O)O)nc1-c1ccc2c(c1)NC(=O)CO2. The van der Waals surface area contributed by atoms with Gasteiger partial charge in [-0.15, -0.1) is 11.3 Å². The van der Waals surface area contributed by atoms with Crippen molar-refractivity contribution in [1.82, 2.24) is 4.98 Å². The molecule has 0 atom stereocenters. The third-order valence-corrected chi connectivity index (χ3v) is 4.38. The second-order valence-electron chi connectivity index (χ2n) is 5.41. The number of hydrogen-bond acceptors (Lipinski definition) is 6. The second kappa shape index (κ2) is 6.89. The second-order valence-corrected chi connectivity index (χ2v) is 6.62. The molecule has 0 unspecified atom stereocenters. The average molecular weight is 361 g/mol. The van der Waals surface area contributed by atoms with Crippen LogP contribution in [-0.4, -0.2) is 34.5 Å². The average Bonchev–Trinajstić information content (AvgIpc) is 2.92. The van der Waals surface area contributed by atoms with Crippen LogP contribution in [0.3, 0.4) is 0 Å². The van der Waals surface area contributed by atoms with Crippen LogP contribution in [0.2, 0.25) is 0 Å². The van der Waals surface area contributed by atoms with Gasteiger partial charge >= 0.3 is 5.97 Å². The number of carbonyl (C=O) groups excluding carboxylic acids is 2. The highest BCUT2D eigenvalue weighted by Crippen LogP contribution is 2.36. The molecule has 8 nitrogen and oxygen atoms in total. The quantitative estimate of drug-likeness (QED) is 0.752. The van der Waals surface area contributed by atoms with E-state index in [-0.39, 0.29) is 25.4 Å². The highest BCUT2D eigenvalue weighted by molar-refractivity contribution is 7.16. The number of amides is 2. The molecule has 2 amide bonds. The number of benzene rings is 1. The molecule has 1 aliphatic rings. The number of nitrogens with one attached hydrogen (secondary N) is 2. The summed E-state index contributed by atoms with van der Waals surface area (Å²) in [5.41, 5.74) is 2.04. The molecule has 0 saturated heterocycles. The molecule has 3 N–H and O–H groups in total. The molecular formula is C16H15N3O5S. The summed E-state index contributed by atoms with van der Waals surface area (Å²) >= 11 is 1.30. The lowest BCUT2D eigenvalue weighted by Crippen LogP contribution is -2.25. The van der Waals surface area contributed by atoms with Crippen LogP contribution in [0.1, 0.15) is 17.7 Å². The normalized spacial score (nSPS) is 12.8. The van der Waals surface area contributed by atoms with Crippen LogP contribution >= 0.6 is 11.3 Å². The highest BCUT2D eigenvalue weighted by Gasteiger charge is 2.18. The maximum absolute atomic E-state index is 11.7. The number of anilines is 2. The van der Waals surface area contributed by atoms with Crippen molar-refractivity contribution in [2.45, 2.75) is 19.8 Å². The smallest absolute Gasteiger partial charge is 0.303 e. The minimum atomic E-state index is -1.02. The molecule has 2 heterocycles. The van der Waals surface area contributed by atoms with Gasteiger partial charge < -0.3 is 20.5 Å². The molecule has 1 aromatic carbocycles. The van der Waals surface area contributed by atoms with Gasteiger partial charge in [0.1, 0.15) is 5.75 Å². The topological polar surface area (TPSA) is 118 Å². The number of ether oxygens (including phenoxy) is 1. The summed E-state index contributed by atoms with van der Waals surface area (Å²) in [6, 6.07) is 5.35. The van der Waals surface area contributed by atoms with Crippen LogP contribution in [0, 0.1) is 6.92 Å². The van der Waals surface area contributed by atoms with Gasteiger partial charge in [-0.3, -0.25) is 14.4 Å². The first kappa shape index (κ1) is 16.9. The summed E-state index contributed by atoms with van der Waals surface area (Å²) in [6.45, 7) is 1.86. The molecule has 2 aromatic rings. The first-order valence-corrected chi connectivity index (χ1v) is 8.30. The molecule has 3 rings (SSSR count). The van der Waals surface area contributed by atoms with Crippen LogP contribution < -0.4 is 15.4 Å². The maximum atomic E-state index is 11.7. The Morgan fingerprint density at radius 2 is 2.20 bits per heavy atom. The van der Waals surface area contributed by atoms with Gasteiger partial charge in [0, 0.05) is 16.9 Å². The number of carboxylic acid groups (broad SMARTS) is 1. The number of hydrogen-bond donors (Lipinski definition) is 3. The number of rotatable bonds is 5. The summed E-state index contributed by atoms with van der Waals surface area (Å²) in [5.74, 6) is -1.04. The minimum absolute atomic E-state index is 0.00536. The van der Waals surface area contributed by atoms with E-state index in [2.05, 4.69) is 15.6 Å². The number of aryl methyl sites for hydroxylation is 1. The third-order valence-electron chi connectivity index (χ3n) is 3.49. The predicted octanol–water partition coefficient (Wildman–Crippen LogP) is 2.25. The first-order valence-electron chi connectivity index (χ1n) is 7.48. The fraction of sp³-hybridized carbons (Fsp3) is 0.250. The Hall–Kier alpha value is -2.94. The lowest BCUT2D eigenvalue weighted by molar-refractivity contribution is -0.138. The van der Waals surface area contributed by atoms with E-state index in [1.54, 1.807) is 12.1 Å². The monoisotopic (exact) mass is 361 g/mol. The maximum Gasteiger partial charge on any atom is 0.303 e. The van der Waals surface area contributed by atoms with Gasteiger partial charge in [0.05, 0.1) is 17.8 Å². The van der Waals surface area contributed by atoms with Gasteiger partial charge in [-0.2, -0.15) is 0 Å². The number of thiazole rings is 1. The lowest BCUT2D eigenvalue weighted by Gasteiger charge is -2.18. The van der Waals surface area contributed by atoms with Crippen molar-refractivity contribution in [3.05, 3.63) is 23.1 Å². The summed E-state index contributed by atoms with van der Waals surface area (Å²) in [4.78, 5) is 39.0. The van der Waals surface area contributed by atoms with Gasteiger partial charge in [-0.1, -0.05) is 0 Å². The fourth-order valence-corrected chi connectivity index (χ4v) is 3.20. The van der Waals surface area contributed by atoms with E-state index in [9.17, 15) is 14.4 Å². The molecule has 1 aliphatic heterocycles. The summed E-state index contributed by atoms with van der Waals surface area (Å²) in [6.07, 6.45) is -0.334. The highest BCUT2D eigenvalue weighted by atomic mass is 32.1. The molecule has 0 bridgehead atoms. The Balaban J connectivity index is 1.78. The van der Waals surface area contributed by atoms with Crippen LogP contribution in [-0.2, 0) is 14.4 Å². The van der Waals surface area contributed by atoms with E-state index in [1.165, 1.54) is 11.3 Å². The number of carboxylic acids is 1. The molecule has 0 spiro atoms. The number of aliphatic carboxylic acids is 1. The number of fused-ring (bicyclic) bond motifs is 1. The van der Waals surface area contributed by atoms with Crippen molar-refractivity contribution in [2.75, 3.05) is 17.2 Å². The largest absolute Gasteiger partial charge is 0.482 e. The Kier molecular flexibility index (Phi) is 4.66. The zero-order valence-corrected chi connectivity index (χ0v) is 14.1. The van der Waals surface area contributed by atoms with Crippen LogP contribution in [0.5, 0.6) is 5.75 Å². The Morgan fingerprint density at radius 3 is 2.96 bits per heavy atom. The molecule has 0 radical (unpaired) electrons. The van der Waals surface area contributed by atoms with Crippen LogP contribution in [0.4, 0.5) is 10.8 Å². The number of nitrogens with zero attached hydrogens (tertiary/aromatic N) is 1. The van der Waals surface area contributed by atoms with Gasteiger partial charge in [0.15, 0.2) is 11.7 Å². The number of carbonyl (C=O) groups is 3. The minimum Gasteiger partial charge on any atom is -0.482 e. The lowest BCUT2D eigenvalue weighted by atomic mass is 10.1. The van der Waals surface area contributed by atoms with E-state index in [4.69, 9.17) is 9.84 Å². The summed E-state index contributed by atoms with van der Waals surface area (Å²) < 4.78 is 5.33. The van der Waals surface area contributed by atoms with Crippen LogP contribution in [0.25, 0.3) is 11.3 Å². The standard InChI is InChI=1S/C16H15N3O5S/c1-8-15(19-16(25-8)18-12(20)4-5-14(22)23)9-2-3-11-10(6-9)17-13(21)7-24-11/h2-3,6H,4-5,7H2,1H3,(H,17,21)(H,22,23)(H,18,19,20). The van der Waals surface area contributed by atoms with Gasteiger partial charge in [0.25, 0.3) is 5.91 Å². The Bertz CT molecular complexity index is 861. The van der Waals surface area contributed by atoms with E-state index in [0.717, 1.165) is 10.4 Å². The molecule has 0 fully saturated rings. The molecule has 0 saturated carbocycles. The molecule has 1 aromatic heterocycles. The zero-order valence-electron chi connectivity index (χ0n) is 13.3. The van der Waals surface area contributed by atoms with Crippen LogP contribution in [0.15, 0.2) is 18.2 Å². The van der Waals surface area contributed by atoms with Crippen molar-refractivity contribution >= 4 is 39.9 Å². The van der Waals surface area contributed by atoms with E-state index in [0.29, 0.717) is 22.3 Å². The van der Waals surface area contributed by atoms with Crippen molar-refractivity contribution in [2.24, 2.45) is 0 Å². The van der Waals surface area contributed by atoms with Crippen molar-refractivity contribution < 1.29 is 24.2 Å². The molecular weight excluding hydrogens is 346 g/mol. The van der Waals surface area contributed by atoms with Gasteiger partial charge in [-0.25, -0.2) is 4.98 Å². The molecule has 0 aliphatic carbocycles. The van der Waals surface area contributed by atoms with E-state index in [1.807, 2.05) is 13.0 Å². The Morgan fingerprint density at radius 1 is 1.40 bits per heavy atom. The predicted molar refractivity (Wildman–Crippen MR) is 91.9 cm³/mol.